The third-order valence-corrected chi connectivity index (χ3v) is 10.2. The van der Waals surface area contributed by atoms with Gasteiger partial charge in [-0.2, -0.15) is 0 Å². The van der Waals surface area contributed by atoms with Crippen molar-refractivity contribution in [1.82, 2.24) is 19.1 Å². The van der Waals surface area contributed by atoms with Crippen LogP contribution in [0.3, 0.4) is 0 Å². The quantitative estimate of drug-likeness (QED) is 0.144. The minimum absolute atomic E-state index is 0.0552. The Hall–Kier alpha value is -2.84. The number of hydrogen-bond acceptors (Lipinski definition) is 13. The van der Waals surface area contributed by atoms with E-state index >= 15 is 0 Å². The number of thioether (sulfide) groups is 1. The van der Waals surface area contributed by atoms with E-state index < -0.39 is 80.4 Å². The molecule has 0 radical (unpaired) electrons. The van der Waals surface area contributed by atoms with Crippen LogP contribution in [-0.2, 0) is 23.1 Å². The summed E-state index contributed by atoms with van der Waals surface area (Å²) >= 11 is 7.66. The molecule has 2 fully saturated rings. The second-order valence-electron chi connectivity index (χ2n) is 10.8. The lowest BCUT2D eigenvalue weighted by atomic mass is 10.2. The predicted molar refractivity (Wildman–Crippen MR) is 186 cm³/mol. The summed E-state index contributed by atoms with van der Waals surface area (Å²) in [5.41, 5.74) is -2.41. The lowest BCUT2D eigenvalue weighted by Gasteiger charge is -2.23. The molecule has 0 saturated carbocycles. The van der Waals surface area contributed by atoms with Gasteiger partial charge in [-0.05, 0) is 52.6 Å². The van der Waals surface area contributed by atoms with Gasteiger partial charge in [0.05, 0.1) is 36.5 Å². The van der Waals surface area contributed by atoms with Crippen molar-refractivity contribution in [1.29, 1.82) is 0 Å². The smallest absolute Gasteiger partial charge is 0.404 e. The molecule has 2 aromatic heterocycles. The SMILES string of the molecule is CSc1ccc(OP(=O)(OC[C@H]2O[C@@H](n3cc(/C=C/Br)c(=O)[nH]c3=O)C[C@@H]2O)OC[C@H]2O[C@@H](n3cc(/C=C/Br)c(=O)[nH]c3=O)C[C@@H]2O)cc1. The maximum Gasteiger partial charge on any atom is 0.530 e. The zero-order valence-corrected chi connectivity index (χ0v) is 30.4. The number of hydrogen-bond donors (Lipinski definition) is 4. The Bertz CT molecular complexity index is 1870. The summed E-state index contributed by atoms with van der Waals surface area (Å²) in [6.07, 6.45) is 0.707. The van der Waals surface area contributed by atoms with Crippen LogP contribution < -0.4 is 27.0 Å². The number of phosphoric ester groups is 1. The van der Waals surface area contributed by atoms with Crippen LogP contribution in [0.2, 0.25) is 0 Å². The first-order chi connectivity index (χ1) is 23.4. The molecule has 0 spiro atoms. The molecule has 16 nitrogen and oxygen atoms in total. The van der Waals surface area contributed by atoms with Crippen molar-refractivity contribution in [2.24, 2.45) is 0 Å². The van der Waals surface area contributed by atoms with Gasteiger partial charge in [-0.25, -0.2) is 14.2 Å². The number of benzene rings is 1. The molecule has 3 aromatic rings. The summed E-state index contributed by atoms with van der Waals surface area (Å²) in [6, 6.07) is 6.58. The van der Waals surface area contributed by atoms with E-state index in [0.717, 1.165) is 14.0 Å². The number of aliphatic hydroxyl groups excluding tert-OH is 2. The van der Waals surface area contributed by atoms with E-state index in [1.807, 2.05) is 6.26 Å². The first-order valence-corrected chi connectivity index (χ1v) is 19.1. The van der Waals surface area contributed by atoms with Crippen LogP contribution in [0.25, 0.3) is 12.2 Å². The molecule has 0 aliphatic carbocycles. The number of phosphoric acid groups is 1. The highest BCUT2D eigenvalue weighted by atomic mass is 79.9. The monoisotopic (exact) mass is 848 g/mol. The summed E-state index contributed by atoms with van der Waals surface area (Å²) in [6.45, 7) is -1.01. The van der Waals surface area contributed by atoms with Gasteiger partial charge in [-0.15, -0.1) is 11.8 Å². The Labute approximate surface area is 298 Å². The van der Waals surface area contributed by atoms with Crippen LogP contribution in [0.5, 0.6) is 5.75 Å². The summed E-state index contributed by atoms with van der Waals surface area (Å²) in [4.78, 5) is 57.4. The summed E-state index contributed by atoms with van der Waals surface area (Å²) in [7, 11) is -4.52. The number of nitrogens with one attached hydrogen (secondary N) is 2. The molecular weight excluding hydrogens is 819 g/mol. The second kappa shape index (κ2) is 16.5. The highest BCUT2D eigenvalue weighted by molar-refractivity contribution is 9.11. The van der Waals surface area contributed by atoms with Gasteiger partial charge < -0.3 is 24.2 Å². The minimum atomic E-state index is -4.52. The molecule has 2 aliphatic rings. The lowest BCUT2D eigenvalue weighted by molar-refractivity contribution is -0.0575. The van der Waals surface area contributed by atoms with Gasteiger partial charge in [-0.3, -0.25) is 37.7 Å². The van der Waals surface area contributed by atoms with Gasteiger partial charge in [0.25, 0.3) is 11.1 Å². The molecule has 4 N–H and O–H groups in total. The fourth-order valence-electron chi connectivity index (χ4n) is 5.06. The Kier molecular flexibility index (Phi) is 12.6. The Morgan fingerprint density at radius 3 is 1.71 bits per heavy atom. The van der Waals surface area contributed by atoms with Crippen molar-refractivity contribution in [2.75, 3.05) is 19.5 Å². The number of ether oxygens (including phenoxy) is 2. The zero-order chi connectivity index (χ0) is 35.3. The maximum atomic E-state index is 14.0. The Morgan fingerprint density at radius 1 is 0.857 bits per heavy atom. The van der Waals surface area contributed by atoms with Crippen molar-refractivity contribution in [3.63, 3.8) is 0 Å². The zero-order valence-electron chi connectivity index (χ0n) is 25.5. The van der Waals surface area contributed by atoms with Crippen LogP contribution >= 0.6 is 51.4 Å². The molecule has 20 heteroatoms. The van der Waals surface area contributed by atoms with Crippen LogP contribution in [0.15, 0.2) is 70.7 Å². The van der Waals surface area contributed by atoms with E-state index in [1.165, 1.54) is 46.3 Å². The average Bonchev–Trinajstić information content (AvgIpc) is 3.63. The number of nitrogens with zero attached hydrogens (tertiary/aromatic N) is 2. The van der Waals surface area contributed by atoms with Crippen LogP contribution in [0.4, 0.5) is 0 Å². The standard InChI is InChI=1S/C29H31Br2N4O12PS/c1-49-19-4-2-18(3-5-19)47-48(42,43-14-22-20(36)10-24(45-22)34-12-16(6-8-30)26(38)32-28(34)40)44-15-23-21(37)11-25(46-23)35-13-17(7-9-31)27(39)33-29(35)41/h2-9,12-13,20-25,36-37H,10-11,14-15H2,1H3,(H,32,38,40)(H,33,39,41)/b8-6+,9-7+/t20-,21-,22+,23+,24+,25+/m0/s1. The van der Waals surface area contributed by atoms with E-state index in [0.29, 0.717) is 0 Å². The van der Waals surface area contributed by atoms with Crippen LogP contribution in [0, 0.1) is 0 Å². The first-order valence-electron chi connectivity index (χ1n) is 14.6. The van der Waals surface area contributed by atoms with Gasteiger partial charge in [0.1, 0.15) is 30.4 Å². The molecule has 1 aromatic carbocycles. The molecule has 2 aliphatic heterocycles. The fourth-order valence-corrected chi connectivity index (χ4v) is 7.26. The first kappa shape index (κ1) is 37.4. The molecule has 0 unspecified atom stereocenters. The van der Waals surface area contributed by atoms with E-state index in [4.69, 9.17) is 23.0 Å². The maximum absolute atomic E-state index is 14.0. The van der Waals surface area contributed by atoms with Crippen molar-refractivity contribution in [3.8, 4) is 5.75 Å². The number of aromatic amines is 2. The molecule has 0 bridgehead atoms. The topological polar surface area (TPSA) is 213 Å². The van der Waals surface area contributed by atoms with Gasteiger partial charge >= 0.3 is 19.2 Å². The minimum Gasteiger partial charge on any atom is -0.404 e. The molecule has 0 amide bonds. The Balaban J connectivity index is 1.31. The number of rotatable bonds is 13. The van der Waals surface area contributed by atoms with Crippen molar-refractivity contribution in [3.05, 3.63) is 99.4 Å². The van der Waals surface area contributed by atoms with E-state index in [1.54, 1.807) is 24.3 Å². The van der Waals surface area contributed by atoms with Crippen LogP contribution in [0.1, 0.15) is 36.4 Å². The molecular formula is C29H31Br2N4O12PS. The molecule has 6 atom stereocenters. The average molecular weight is 850 g/mol. The predicted octanol–water partition coefficient (Wildman–Crippen LogP) is 3.06. The normalized spacial score (nSPS) is 24.3. The van der Waals surface area contributed by atoms with Crippen molar-refractivity contribution >= 4 is 63.6 Å². The van der Waals surface area contributed by atoms with Gasteiger partial charge in [0.2, 0.25) is 0 Å². The summed E-state index contributed by atoms with van der Waals surface area (Å²) < 4.78 is 44.9. The van der Waals surface area contributed by atoms with E-state index in [2.05, 4.69) is 41.8 Å². The number of aromatic nitrogens is 4. The lowest BCUT2D eigenvalue weighted by Crippen LogP contribution is -2.33. The number of H-pyrrole nitrogens is 2. The third kappa shape index (κ3) is 9.10. The van der Waals surface area contributed by atoms with Gasteiger partial charge in [-0.1, -0.05) is 31.9 Å². The van der Waals surface area contributed by atoms with Crippen molar-refractivity contribution in [2.45, 2.75) is 54.6 Å². The van der Waals surface area contributed by atoms with E-state index in [-0.39, 0.29) is 29.7 Å². The second-order valence-corrected chi connectivity index (χ2v) is 14.3. The molecule has 5 rings (SSSR count). The van der Waals surface area contributed by atoms with Gasteiger partial charge in [0, 0.05) is 30.1 Å². The van der Waals surface area contributed by atoms with Gasteiger partial charge in [0.15, 0.2) is 0 Å². The van der Waals surface area contributed by atoms with Crippen LogP contribution in [-0.4, -0.2) is 73.2 Å². The number of halogens is 2. The highest BCUT2D eigenvalue weighted by Gasteiger charge is 2.42. The van der Waals surface area contributed by atoms with E-state index in [9.17, 15) is 34.0 Å². The largest absolute Gasteiger partial charge is 0.530 e. The summed E-state index contributed by atoms with van der Waals surface area (Å²) in [5.74, 6) is 0.136. The fraction of sp³-hybridized carbons (Fsp3) is 0.379. The third-order valence-electron chi connectivity index (χ3n) is 7.58. The van der Waals surface area contributed by atoms with Crippen molar-refractivity contribution < 1.29 is 37.8 Å². The number of aliphatic hydroxyl groups is 2. The molecule has 2 saturated heterocycles. The summed E-state index contributed by atoms with van der Waals surface area (Å²) in [5, 5.41) is 21.5. The Morgan fingerprint density at radius 2 is 1.31 bits per heavy atom. The highest BCUT2D eigenvalue weighted by Crippen LogP contribution is 2.51. The molecule has 4 heterocycles. The molecule has 49 heavy (non-hydrogen) atoms. The molecule has 264 valence electrons.